The maximum absolute atomic E-state index is 10.7. The Bertz CT molecular complexity index is 370. The van der Waals surface area contributed by atoms with Crippen LogP contribution >= 0.6 is 0 Å². The highest BCUT2D eigenvalue weighted by atomic mass is 32.2. The first kappa shape index (κ1) is 9.68. The van der Waals surface area contributed by atoms with Crippen molar-refractivity contribution in [3.63, 3.8) is 0 Å². The van der Waals surface area contributed by atoms with E-state index >= 15 is 0 Å². The molecule has 0 fully saturated rings. The van der Waals surface area contributed by atoms with Crippen molar-refractivity contribution in [2.75, 3.05) is 0 Å². The molecule has 0 aromatic carbocycles. The molecule has 13 heavy (non-hydrogen) atoms. The zero-order chi connectivity index (χ0) is 10.1. The van der Waals surface area contributed by atoms with E-state index in [1.54, 1.807) is 0 Å². The van der Waals surface area contributed by atoms with Gasteiger partial charge in [-0.2, -0.15) is 8.42 Å². The summed E-state index contributed by atoms with van der Waals surface area (Å²) in [6.07, 6.45) is 4.74. The van der Waals surface area contributed by atoms with Crippen molar-refractivity contribution in [1.82, 2.24) is 5.01 Å². The van der Waals surface area contributed by atoms with E-state index in [1.165, 1.54) is 12.2 Å². The van der Waals surface area contributed by atoms with Gasteiger partial charge in [-0.1, -0.05) is 6.08 Å². The van der Waals surface area contributed by atoms with E-state index < -0.39 is 20.5 Å². The molecule has 0 saturated carbocycles. The van der Waals surface area contributed by atoms with E-state index in [1.807, 2.05) is 0 Å². The van der Waals surface area contributed by atoms with Crippen molar-refractivity contribution in [1.29, 1.82) is 0 Å². The van der Waals surface area contributed by atoms with Crippen LogP contribution in [0.25, 0.3) is 0 Å². The Morgan fingerprint density at radius 2 is 2.00 bits per heavy atom. The standard InChI is InChI=1S/C5H6N2O5S/c8-7(9)6-4-2-1-3-5(6)13(10,11)12/h1-5H,(H-,8,9,10,11,12)/p+1. The molecule has 0 amide bonds. The molecule has 1 atom stereocenters. The van der Waals surface area contributed by atoms with Gasteiger partial charge in [-0.15, -0.1) is 0 Å². The molecule has 0 aromatic rings. The molecule has 0 aliphatic carbocycles. The van der Waals surface area contributed by atoms with E-state index in [4.69, 9.17) is 9.76 Å². The molecule has 1 aliphatic rings. The first-order valence-corrected chi connectivity index (χ1v) is 4.69. The van der Waals surface area contributed by atoms with Crippen molar-refractivity contribution in [2.24, 2.45) is 0 Å². The van der Waals surface area contributed by atoms with E-state index in [0.717, 1.165) is 12.3 Å². The number of nitrogens with zero attached hydrogens (tertiary/aromatic N) is 2. The summed E-state index contributed by atoms with van der Waals surface area (Å²) in [5.74, 6) is 0. The quantitative estimate of drug-likeness (QED) is 0.475. The lowest BCUT2D eigenvalue weighted by Gasteiger charge is -2.14. The fourth-order valence-electron chi connectivity index (χ4n) is 0.860. The van der Waals surface area contributed by atoms with Crippen LogP contribution in [-0.2, 0) is 10.1 Å². The van der Waals surface area contributed by atoms with Crippen LogP contribution in [0.5, 0.6) is 0 Å². The normalized spacial score (nSPS) is 21.9. The van der Waals surface area contributed by atoms with Gasteiger partial charge in [0.05, 0.1) is 6.20 Å². The van der Waals surface area contributed by atoms with E-state index in [-0.39, 0.29) is 0 Å². The van der Waals surface area contributed by atoms with Gasteiger partial charge in [0.2, 0.25) is 5.37 Å². The summed E-state index contributed by atoms with van der Waals surface area (Å²) < 4.78 is 29.9. The van der Waals surface area contributed by atoms with Gasteiger partial charge in [0, 0.05) is 0 Å². The predicted octanol–water partition coefficient (Wildman–Crippen LogP) is -0.331. The van der Waals surface area contributed by atoms with Crippen LogP contribution in [-0.4, -0.2) is 33.6 Å². The predicted molar refractivity (Wildman–Crippen MR) is 40.9 cm³/mol. The van der Waals surface area contributed by atoms with Gasteiger partial charge < -0.3 is 0 Å². The van der Waals surface area contributed by atoms with Crippen molar-refractivity contribution in [2.45, 2.75) is 5.37 Å². The summed E-state index contributed by atoms with van der Waals surface area (Å²) in [5, 5.41) is 6.61. The fourth-order valence-corrected chi connectivity index (χ4v) is 1.57. The summed E-state index contributed by atoms with van der Waals surface area (Å²) in [6, 6.07) is 0. The molecule has 72 valence electrons. The highest BCUT2D eigenvalue weighted by molar-refractivity contribution is 7.86. The summed E-state index contributed by atoms with van der Waals surface area (Å²) in [4.78, 5) is 10.4. The van der Waals surface area contributed by atoms with Crippen molar-refractivity contribution >= 4 is 10.1 Å². The van der Waals surface area contributed by atoms with Crippen molar-refractivity contribution in [3.8, 4) is 0 Å². The maximum Gasteiger partial charge on any atom is 0.363 e. The molecule has 0 radical (unpaired) electrons. The summed E-state index contributed by atoms with van der Waals surface area (Å²) in [6.45, 7) is 0. The van der Waals surface area contributed by atoms with Gasteiger partial charge in [0.25, 0.3) is 10.1 Å². The molecule has 0 spiro atoms. The molecule has 8 heteroatoms. The first-order chi connectivity index (χ1) is 5.93. The zero-order valence-corrected chi connectivity index (χ0v) is 7.13. The van der Waals surface area contributed by atoms with E-state index in [2.05, 4.69) is 0 Å². The minimum atomic E-state index is -4.43. The Morgan fingerprint density at radius 3 is 2.38 bits per heavy atom. The topological polar surface area (TPSA) is 97.9 Å². The monoisotopic (exact) mass is 207 g/mol. The number of allylic oxidation sites excluding steroid dienone is 2. The Labute approximate surface area is 73.8 Å². The van der Waals surface area contributed by atoms with E-state index in [9.17, 15) is 13.3 Å². The van der Waals surface area contributed by atoms with Crippen LogP contribution in [0.1, 0.15) is 0 Å². The third-order valence-electron chi connectivity index (χ3n) is 1.39. The Balaban J connectivity index is 3.03. The second kappa shape index (κ2) is 3.15. The Kier molecular flexibility index (Phi) is 2.34. The molecule has 1 rings (SSSR count). The zero-order valence-electron chi connectivity index (χ0n) is 6.31. The smallest absolute Gasteiger partial charge is 0.284 e. The van der Waals surface area contributed by atoms with Gasteiger partial charge in [-0.25, -0.2) is 5.21 Å². The van der Waals surface area contributed by atoms with Gasteiger partial charge in [0.15, 0.2) is 0 Å². The molecule has 7 nitrogen and oxygen atoms in total. The minimum absolute atomic E-state index is 0.412. The van der Waals surface area contributed by atoms with Crippen LogP contribution in [0.2, 0.25) is 0 Å². The lowest BCUT2D eigenvalue weighted by atomic mass is 10.4. The fraction of sp³-hybridized carbons (Fsp3) is 0.200. The Morgan fingerprint density at radius 1 is 1.38 bits per heavy atom. The molecule has 1 unspecified atom stereocenters. The highest BCUT2D eigenvalue weighted by Gasteiger charge is 2.37. The van der Waals surface area contributed by atoms with Gasteiger partial charge >= 0.3 is 5.03 Å². The highest BCUT2D eigenvalue weighted by Crippen LogP contribution is 2.12. The summed E-state index contributed by atoms with van der Waals surface area (Å²) in [5.41, 5.74) is 0. The largest absolute Gasteiger partial charge is 0.363 e. The van der Waals surface area contributed by atoms with Gasteiger partial charge in [-0.3, -0.25) is 4.55 Å². The summed E-state index contributed by atoms with van der Waals surface area (Å²) >= 11 is 0. The average molecular weight is 207 g/mol. The van der Waals surface area contributed by atoms with Crippen molar-refractivity contribution < 1.29 is 23.2 Å². The number of hydrogen-bond acceptors (Lipinski definition) is 3. The first-order valence-electron chi connectivity index (χ1n) is 3.18. The van der Waals surface area contributed by atoms with Crippen LogP contribution in [0, 0.1) is 4.91 Å². The van der Waals surface area contributed by atoms with Crippen LogP contribution < -0.4 is 0 Å². The number of rotatable bonds is 2. The van der Waals surface area contributed by atoms with E-state index in [0.29, 0.717) is 5.01 Å². The molecule has 0 aromatic heterocycles. The SMILES string of the molecule is O=[N+](O)N1C=CC=CC1S(=O)(=O)O. The molecule has 2 N–H and O–H groups in total. The van der Waals surface area contributed by atoms with Gasteiger partial charge in [0.1, 0.15) is 4.91 Å². The van der Waals surface area contributed by atoms with Crippen LogP contribution in [0.3, 0.4) is 0 Å². The number of hydrazine groups is 1. The van der Waals surface area contributed by atoms with Crippen molar-refractivity contribution in [3.05, 3.63) is 29.3 Å². The molecule has 0 saturated heterocycles. The third kappa shape index (κ3) is 2.04. The lowest BCUT2D eigenvalue weighted by Crippen LogP contribution is -2.41. The lowest BCUT2D eigenvalue weighted by molar-refractivity contribution is -0.894. The third-order valence-corrected chi connectivity index (χ3v) is 2.37. The molecular formula is C5H7N2O5S+. The van der Waals surface area contributed by atoms with Gasteiger partial charge in [-0.05, 0) is 17.2 Å². The molecule has 0 bridgehead atoms. The second-order valence-corrected chi connectivity index (χ2v) is 3.78. The number of hydrogen-bond donors (Lipinski definition) is 2. The molecule has 1 heterocycles. The second-order valence-electron chi connectivity index (χ2n) is 2.26. The minimum Gasteiger partial charge on any atom is -0.284 e. The van der Waals surface area contributed by atoms with Crippen LogP contribution in [0.15, 0.2) is 24.4 Å². The molecule has 1 aliphatic heterocycles. The molecular weight excluding hydrogens is 200 g/mol. The average Bonchev–Trinajstić information content (AvgIpc) is 2.03. The summed E-state index contributed by atoms with van der Waals surface area (Å²) in [7, 11) is -4.43. The maximum atomic E-state index is 10.7. The van der Waals surface area contributed by atoms with Crippen LogP contribution in [0.4, 0.5) is 0 Å². The Hall–Kier alpha value is -1.41.